The minimum absolute atomic E-state index is 0.0529. The topological polar surface area (TPSA) is 46.2 Å². The van der Waals surface area contributed by atoms with E-state index in [1.165, 1.54) is 18.2 Å². The highest BCUT2D eigenvalue weighted by molar-refractivity contribution is 7.85. The van der Waals surface area contributed by atoms with Crippen LogP contribution in [-0.4, -0.2) is 28.2 Å². The molecule has 0 saturated heterocycles. The maximum absolute atomic E-state index is 13.3. The van der Waals surface area contributed by atoms with Crippen LogP contribution in [0, 0.1) is 11.6 Å². The first kappa shape index (κ1) is 16.5. The molecule has 1 aromatic carbocycles. The van der Waals surface area contributed by atoms with E-state index in [1.807, 2.05) is 0 Å². The van der Waals surface area contributed by atoms with Gasteiger partial charge >= 0.3 is 0 Å². The molecule has 0 bridgehead atoms. The number of benzene rings is 1. The average molecular weight is 301 g/mol. The number of rotatable bonds is 7. The molecule has 1 unspecified atom stereocenters. The minimum atomic E-state index is -1.25. The van der Waals surface area contributed by atoms with Crippen molar-refractivity contribution in [3.63, 3.8) is 0 Å². The first-order chi connectivity index (χ1) is 9.54. The highest BCUT2D eigenvalue weighted by atomic mass is 32.2. The van der Waals surface area contributed by atoms with Gasteiger partial charge in [0.25, 0.3) is 0 Å². The van der Waals surface area contributed by atoms with Gasteiger partial charge in [0, 0.05) is 28.7 Å². The van der Waals surface area contributed by atoms with E-state index in [1.54, 1.807) is 19.1 Å². The van der Waals surface area contributed by atoms with Crippen molar-refractivity contribution in [3.05, 3.63) is 47.5 Å². The Labute approximate surface area is 119 Å². The Morgan fingerprint density at radius 1 is 1.35 bits per heavy atom. The highest BCUT2D eigenvalue weighted by Gasteiger charge is 2.10. The van der Waals surface area contributed by atoms with Crippen LogP contribution in [0.15, 0.2) is 30.4 Å². The molecule has 0 aromatic heterocycles. The van der Waals surface area contributed by atoms with Gasteiger partial charge in [0.2, 0.25) is 5.91 Å². The lowest BCUT2D eigenvalue weighted by molar-refractivity contribution is -0.118. The monoisotopic (exact) mass is 301 g/mol. The van der Waals surface area contributed by atoms with Gasteiger partial charge < -0.3 is 5.32 Å². The van der Waals surface area contributed by atoms with Crippen molar-refractivity contribution in [2.45, 2.75) is 13.3 Å². The van der Waals surface area contributed by atoms with E-state index in [0.717, 1.165) is 0 Å². The van der Waals surface area contributed by atoms with Crippen molar-refractivity contribution < 1.29 is 17.8 Å². The van der Waals surface area contributed by atoms with Gasteiger partial charge in [0.05, 0.1) is 0 Å². The van der Waals surface area contributed by atoms with Crippen molar-refractivity contribution in [1.82, 2.24) is 5.32 Å². The van der Waals surface area contributed by atoms with Gasteiger partial charge in [-0.15, -0.1) is 0 Å². The average Bonchev–Trinajstić information content (AvgIpc) is 2.39. The van der Waals surface area contributed by atoms with Gasteiger partial charge in [-0.05, 0) is 25.5 Å². The summed E-state index contributed by atoms with van der Waals surface area (Å²) in [6.07, 6.45) is 3.54. The number of hydrogen-bond acceptors (Lipinski definition) is 2. The molecule has 0 radical (unpaired) electrons. The number of allylic oxidation sites excluding steroid dienone is 1. The zero-order valence-corrected chi connectivity index (χ0v) is 12.0. The van der Waals surface area contributed by atoms with Crippen LogP contribution in [0.5, 0.6) is 0 Å². The maximum Gasteiger partial charge on any atom is 0.232 e. The van der Waals surface area contributed by atoms with E-state index in [9.17, 15) is 17.8 Å². The lowest BCUT2D eigenvalue weighted by atomic mass is 10.1. The van der Waals surface area contributed by atoms with Crippen LogP contribution in [0.4, 0.5) is 8.78 Å². The summed E-state index contributed by atoms with van der Waals surface area (Å²) in [4.78, 5) is 11.5. The standard InChI is InChI=1S/C14H17F2NO2S/c1-2-3-9-20(19)10-14(18)17-8-7-11-12(15)5-4-6-13(11)16/h2-6H,7-10H2,1H3,(H,17,18). The molecule has 0 aliphatic rings. The summed E-state index contributed by atoms with van der Waals surface area (Å²) >= 11 is 0. The molecule has 0 fully saturated rings. The van der Waals surface area contributed by atoms with Crippen LogP contribution in [0.3, 0.4) is 0 Å². The van der Waals surface area contributed by atoms with Crippen LogP contribution in [0.1, 0.15) is 12.5 Å². The van der Waals surface area contributed by atoms with Gasteiger partial charge in [-0.25, -0.2) is 8.78 Å². The SMILES string of the molecule is CC=CCS(=O)CC(=O)NCCc1c(F)cccc1F. The number of hydrogen-bond donors (Lipinski definition) is 1. The molecule has 0 saturated carbocycles. The Kier molecular flexibility index (Phi) is 7.08. The van der Waals surface area contributed by atoms with Gasteiger partial charge in [-0.1, -0.05) is 18.2 Å². The summed E-state index contributed by atoms with van der Waals surface area (Å²) in [5.74, 6) is -1.42. The molecule has 0 heterocycles. The van der Waals surface area contributed by atoms with Crippen molar-refractivity contribution in [2.24, 2.45) is 0 Å². The molecule has 1 N–H and O–H groups in total. The molecule has 1 amide bonds. The third-order valence-electron chi connectivity index (χ3n) is 2.57. The minimum Gasteiger partial charge on any atom is -0.355 e. The number of amides is 1. The fourth-order valence-corrected chi connectivity index (χ4v) is 2.48. The molecule has 1 rings (SSSR count). The molecule has 0 aliphatic heterocycles. The Morgan fingerprint density at radius 3 is 2.60 bits per heavy atom. The van der Waals surface area contributed by atoms with Crippen LogP contribution in [0.2, 0.25) is 0 Å². The molecular weight excluding hydrogens is 284 g/mol. The summed E-state index contributed by atoms with van der Waals surface area (Å²) in [5, 5.41) is 2.50. The van der Waals surface area contributed by atoms with E-state index in [4.69, 9.17) is 0 Å². The molecule has 3 nitrogen and oxygen atoms in total. The van der Waals surface area contributed by atoms with Crippen LogP contribution in [0.25, 0.3) is 0 Å². The highest BCUT2D eigenvalue weighted by Crippen LogP contribution is 2.11. The fourth-order valence-electron chi connectivity index (χ4n) is 1.56. The number of halogens is 2. The van der Waals surface area contributed by atoms with Crippen LogP contribution >= 0.6 is 0 Å². The lowest BCUT2D eigenvalue weighted by Crippen LogP contribution is -2.30. The number of nitrogens with one attached hydrogen (secondary N) is 1. The molecule has 0 spiro atoms. The molecule has 6 heteroatoms. The molecule has 110 valence electrons. The summed E-state index contributed by atoms with van der Waals surface area (Å²) in [6, 6.07) is 3.63. The van der Waals surface area contributed by atoms with E-state index in [0.29, 0.717) is 5.75 Å². The summed E-state index contributed by atoms with van der Waals surface area (Å²) in [5.41, 5.74) is -0.0529. The predicted octanol–water partition coefficient (Wildman–Crippen LogP) is 1.95. The van der Waals surface area contributed by atoms with Gasteiger partial charge in [-0.3, -0.25) is 9.00 Å². The second-order valence-corrected chi connectivity index (χ2v) is 5.62. The molecular formula is C14H17F2NO2S. The van der Waals surface area contributed by atoms with Crippen molar-refractivity contribution in [1.29, 1.82) is 0 Å². The van der Waals surface area contributed by atoms with Crippen molar-refractivity contribution in [3.8, 4) is 0 Å². The molecule has 1 aromatic rings. The lowest BCUT2D eigenvalue weighted by Gasteiger charge is -2.06. The largest absolute Gasteiger partial charge is 0.355 e. The van der Waals surface area contributed by atoms with Crippen LogP contribution in [-0.2, 0) is 22.0 Å². The summed E-state index contributed by atoms with van der Waals surface area (Å²) < 4.78 is 38.1. The fraction of sp³-hybridized carbons (Fsp3) is 0.357. The van der Waals surface area contributed by atoms with E-state index in [-0.39, 0.29) is 30.2 Å². The molecule has 1 atom stereocenters. The Morgan fingerprint density at radius 2 is 2.00 bits per heavy atom. The second kappa shape index (κ2) is 8.58. The maximum atomic E-state index is 13.3. The third kappa shape index (κ3) is 5.61. The van der Waals surface area contributed by atoms with Gasteiger partial charge in [0.1, 0.15) is 17.4 Å². The first-order valence-electron chi connectivity index (χ1n) is 6.20. The van der Waals surface area contributed by atoms with Crippen molar-refractivity contribution >= 4 is 16.7 Å². The van der Waals surface area contributed by atoms with Crippen molar-refractivity contribution in [2.75, 3.05) is 18.1 Å². The predicted molar refractivity (Wildman–Crippen MR) is 75.8 cm³/mol. The quantitative estimate of drug-likeness (QED) is 0.783. The van der Waals surface area contributed by atoms with E-state index < -0.39 is 22.4 Å². The third-order valence-corrected chi connectivity index (χ3v) is 3.72. The molecule has 20 heavy (non-hydrogen) atoms. The van der Waals surface area contributed by atoms with E-state index >= 15 is 0 Å². The number of carbonyl (C=O) groups excluding carboxylic acids is 1. The Hall–Kier alpha value is -1.56. The van der Waals surface area contributed by atoms with Gasteiger partial charge in [0.15, 0.2) is 0 Å². The first-order valence-corrected chi connectivity index (χ1v) is 7.69. The number of carbonyl (C=O) groups is 1. The normalized spacial score (nSPS) is 12.6. The van der Waals surface area contributed by atoms with E-state index in [2.05, 4.69) is 5.32 Å². The van der Waals surface area contributed by atoms with Crippen LogP contribution < -0.4 is 5.32 Å². The Balaban J connectivity index is 2.37. The molecule has 0 aliphatic carbocycles. The zero-order valence-electron chi connectivity index (χ0n) is 11.2. The Bertz CT molecular complexity index is 498. The summed E-state index contributed by atoms with van der Waals surface area (Å²) in [7, 11) is -1.25. The smallest absolute Gasteiger partial charge is 0.232 e. The second-order valence-electron chi connectivity index (χ2n) is 4.12. The summed E-state index contributed by atoms with van der Waals surface area (Å²) in [6.45, 7) is 1.91. The zero-order chi connectivity index (χ0) is 15.0. The van der Waals surface area contributed by atoms with Gasteiger partial charge in [-0.2, -0.15) is 0 Å².